The molecule has 0 saturated heterocycles. The highest BCUT2D eigenvalue weighted by Gasteiger charge is 2.00. The third-order valence-corrected chi connectivity index (χ3v) is 1.47. The van der Waals surface area contributed by atoms with Gasteiger partial charge in [-0.3, -0.25) is 4.79 Å². The van der Waals surface area contributed by atoms with Crippen molar-refractivity contribution in [1.82, 2.24) is 0 Å². The Kier molecular flexibility index (Phi) is 6.50. The van der Waals surface area contributed by atoms with E-state index in [0.29, 0.717) is 6.42 Å². The van der Waals surface area contributed by atoms with Crippen LogP contribution in [0.15, 0.2) is 0 Å². The topological polar surface area (TPSA) is 37.3 Å². The van der Waals surface area contributed by atoms with Crippen LogP contribution in [0.5, 0.6) is 0 Å². The van der Waals surface area contributed by atoms with Crippen LogP contribution in [-0.4, -0.2) is 17.5 Å². The van der Waals surface area contributed by atoms with Crippen molar-refractivity contribution in [3.8, 4) is 0 Å². The van der Waals surface area contributed by atoms with E-state index >= 15 is 0 Å². The van der Waals surface area contributed by atoms with Gasteiger partial charge in [0.05, 0.1) is 0 Å². The van der Waals surface area contributed by atoms with E-state index in [1.165, 1.54) is 12.8 Å². The Balaban J connectivity index is 2.95. The van der Waals surface area contributed by atoms with Crippen molar-refractivity contribution in [1.29, 1.82) is 0 Å². The van der Waals surface area contributed by atoms with Gasteiger partial charge in [0.2, 0.25) is 6.29 Å². The quantitative estimate of drug-likeness (QED) is 0.571. The number of hydrogen-bond donors (Lipinski definition) is 1. The first kappa shape index (κ1) is 9.63. The molecule has 0 aliphatic rings. The van der Waals surface area contributed by atoms with Crippen LogP contribution >= 0.6 is 0 Å². The van der Waals surface area contributed by atoms with E-state index in [1.807, 2.05) is 0 Å². The lowest BCUT2D eigenvalue weighted by Gasteiger charge is -1.99. The molecular weight excluding hydrogens is 128 g/mol. The largest absolute Gasteiger partial charge is 0.385 e. The van der Waals surface area contributed by atoms with E-state index in [1.54, 1.807) is 6.29 Å². The SMILES string of the molecule is CCCCCCC(O)[C]=O. The van der Waals surface area contributed by atoms with Gasteiger partial charge in [-0.25, -0.2) is 0 Å². The molecule has 1 atom stereocenters. The predicted molar refractivity (Wildman–Crippen MR) is 40.5 cm³/mol. The normalized spacial score (nSPS) is 13.0. The third kappa shape index (κ3) is 5.76. The lowest BCUT2D eigenvalue weighted by atomic mass is 10.1. The third-order valence-electron chi connectivity index (χ3n) is 1.47. The van der Waals surface area contributed by atoms with Gasteiger partial charge in [0, 0.05) is 0 Å². The summed E-state index contributed by atoms with van der Waals surface area (Å²) in [5, 5.41) is 8.73. The molecule has 10 heavy (non-hydrogen) atoms. The van der Waals surface area contributed by atoms with Crippen LogP contribution in [0.4, 0.5) is 0 Å². The first-order chi connectivity index (χ1) is 4.81. The van der Waals surface area contributed by atoms with Gasteiger partial charge in [0.1, 0.15) is 6.10 Å². The van der Waals surface area contributed by atoms with Crippen LogP contribution in [0, 0.1) is 0 Å². The van der Waals surface area contributed by atoms with Crippen LogP contribution in [0.25, 0.3) is 0 Å². The molecule has 0 amide bonds. The molecule has 0 heterocycles. The van der Waals surface area contributed by atoms with Crippen molar-refractivity contribution < 1.29 is 9.90 Å². The number of rotatable bonds is 6. The van der Waals surface area contributed by atoms with Gasteiger partial charge in [-0.15, -0.1) is 0 Å². The van der Waals surface area contributed by atoms with Crippen molar-refractivity contribution in [2.75, 3.05) is 0 Å². The van der Waals surface area contributed by atoms with Crippen molar-refractivity contribution in [3.05, 3.63) is 0 Å². The van der Waals surface area contributed by atoms with Crippen molar-refractivity contribution >= 4 is 6.29 Å². The van der Waals surface area contributed by atoms with Crippen LogP contribution in [0.1, 0.15) is 39.0 Å². The van der Waals surface area contributed by atoms with Gasteiger partial charge in [0.25, 0.3) is 0 Å². The molecule has 0 aliphatic carbocycles. The molecule has 0 aromatic rings. The van der Waals surface area contributed by atoms with Gasteiger partial charge in [-0.2, -0.15) is 0 Å². The van der Waals surface area contributed by atoms with Gasteiger partial charge >= 0.3 is 0 Å². The highest BCUT2D eigenvalue weighted by atomic mass is 16.3. The molecule has 0 aromatic carbocycles. The Morgan fingerprint density at radius 1 is 1.40 bits per heavy atom. The van der Waals surface area contributed by atoms with E-state index in [9.17, 15) is 4.79 Å². The van der Waals surface area contributed by atoms with Gasteiger partial charge < -0.3 is 5.11 Å². The number of aliphatic hydroxyl groups excluding tert-OH is 1. The fraction of sp³-hybridized carbons (Fsp3) is 0.875. The number of unbranched alkanes of at least 4 members (excludes halogenated alkanes) is 3. The Labute approximate surface area is 62.2 Å². The van der Waals surface area contributed by atoms with Gasteiger partial charge in [-0.1, -0.05) is 32.6 Å². The van der Waals surface area contributed by atoms with Crippen LogP contribution in [0.2, 0.25) is 0 Å². The summed E-state index contributed by atoms with van der Waals surface area (Å²) in [5.74, 6) is 0. The fourth-order valence-electron chi connectivity index (χ4n) is 0.823. The summed E-state index contributed by atoms with van der Waals surface area (Å²) in [6.45, 7) is 2.13. The maximum atomic E-state index is 9.79. The van der Waals surface area contributed by atoms with Crippen molar-refractivity contribution in [2.45, 2.75) is 45.1 Å². The molecule has 0 saturated carbocycles. The van der Waals surface area contributed by atoms with E-state index in [-0.39, 0.29) is 0 Å². The van der Waals surface area contributed by atoms with Gasteiger partial charge in [0.15, 0.2) is 0 Å². The number of hydrogen-bond acceptors (Lipinski definition) is 2. The summed E-state index contributed by atoms with van der Waals surface area (Å²) in [4.78, 5) is 9.79. The Bertz CT molecular complexity index is 81.3. The predicted octanol–water partition coefficient (Wildman–Crippen LogP) is 1.43. The molecule has 2 heteroatoms. The molecule has 0 fully saturated rings. The average Bonchev–Trinajstić information content (AvgIpc) is 1.98. The molecule has 2 nitrogen and oxygen atoms in total. The zero-order chi connectivity index (χ0) is 7.82. The zero-order valence-corrected chi connectivity index (χ0v) is 6.47. The molecule has 0 aromatic heterocycles. The second-order valence-corrected chi connectivity index (χ2v) is 2.48. The molecule has 0 bridgehead atoms. The summed E-state index contributed by atoms with van der Waals surface area (Å²) in [6, 6.07) is 0. The molecule has 0 aliphatic heterocycles. The summed E-state index contributed by atoms with van der Waals surface area (Å²) in [6.07, 6.45) is 5.68. The number of aliphatic hydroxyl groups is 1. The van der Waals surface area contributed by atoms with Gasteiger partial charge in [-0.05, 0) is 6.42 Å². The molecule has 0 rings (SSSR count). The minimum atomic E-state index is -0.850. The van der Waals surface area contributed by atoms with E-state index < -0.39 is 6.10 Å². The Morgan fingerprint density at radius 2 is 2.10 bits per heavy atom. The average molecular weight is 143 g/mol. The minimum absolute atomic E-state index is 0.573. The second kappa shape index (κ2) is 6.75. The second-order valence-electron chi connectivity index (χ2n) is 2.48. The standard InChI is InChI=1S/C8H15O2/c1-2-3-4-5-6-8(10)7-9/h8,10H,2-6H2,1H3. The monoisotopic (exact) mass is 143 g/mol. The first-order valence-electron chi connectivity index (χ1n) is 3.87. The van der Waals surface area contributed by atoms with Crippen LogP contribution in [0.3, 0.4) is 0 Å². The molecule has 0 spiro atoms. The number of carbonyl (C=O) groups excluding carboxylic acids is 1. The van der Waals surface area contributed by atoms with Crippen LogP contribution in [-0.2, 0) is 4.79 Å². The van der Waals surface area contributed by atoms with Crippen molar-refractivity contribution in [2.24, 2.45) is 0 Å². The minimum Gasteiger partial charge on any atom is -0.385 e. The van der Waals surface area contributed by atoms with Crippen molar-refractivity contribution in [3.63, 3.8) is 0 Å². The lowest BCUT2D eigenvalue weighted by molar-refractivity contribution is 0.219. The van der Waals surface area contributed by atoms with Crippen LogP contribution < -0.4 is 0 Å². The Morgan fingerprint density at radius 3 is 2.60 bits per heavy atom. The molecule has 1 radical (unpaired) electrons. The molecule has 59 valence electrons. The zero-order valence-electron chi connectivity index (χ0n) is 6.47. The summed E-state index contributed by atoms with van der Waals surface area (Å²) in [5.41, 5.74) is 0. The molecule has 1 unspecified atom stereocenters. The maximum absolute atomic E-state index is 9.79. The smallest absolute Gasteiger partial charge is 0.229 e. The highest BCUT2D eigenvalue weighted by Crippen LogP contribution is 2.03. The summed E-state index contributed by atoms with van der Waals surface area (Å²) >= 11 is 0. The summed E-state index contributed by atoms with van der Waals surface area (Å²) < 4.78 is 0. The summed E-state index contributed by atoms with van der Waals surface area (Å²) in [7, 11) is 0. The van der Waals surface area contributed by atoms with E-state index in [0.717, 1.165) is 12.8 Å². The maximum Gasteiger partial charge on any atom is 0.229 e. The molecule has 1 N–H and O–H groups in total. The molecular formula is C8H15O2. The fourth-order valence-corrected chi connectivity index (χ4v) is 0.823. The van der Waals surface area contributed by atoms with E-state index in [4.69, 9.17) is 5.11 Å². The Hall–Kier alpha value is -0.370. The highest BCUT2D eigenvalue weighted by molar-refractivity contribution is 5.56. The first-order valence-corrected chi connectivity index (χ1v) is 3.87. The lowest BCUT2D eigenvalue weighted by Crippen LogP contribution is -2.06. The van der Waals surface area contributed by atoms with E-state index in [2.05, 4.69) is 6.92 Å².